The van der Waals surface area contributed by atoms with Gasteiger partial charge in [0.2, 0.25) is 5.91 Å². The Morgan fingerprint density at radius 3 is 2.66 bits per heavy atom. The number of nitro groups is 1. The number of carbonyl (C=O) groups excluding carboxylic acids is 1. The molecule has 1 N–H and O–H groups in total. The number of fused-ring (bicyclic) bond motifs is 1. The lowest BCUT2D eigenvalue weighted by Crippen LogP contribution is -2.13. The molecule has 1 amide bonds. The van der Waals surface area contributed by atoms with Crippen molar-refractivity contribution in [1.82, 2.24) is 15.2 Å². The van der Waals surface area contributed by atoms with Gasteiger partial charge in [0.1, 0.15) is 5.69 Å². The summed E-state index contributed by atoms with van der Waals surface area (Å²) in [6, 6.07) is 17.4. The van der Waals surface area contributed by atoms with E-state index in [1.54, 1.807) is 0 Å². The zero-order chi connectivity index (χ0) is 20.2. The molecule has 2 aromatic carbocycles. The van der Waals surface area contributed by atoms with E-state index >= 15 is 0 Å². The third kappa shape index (κ3) is 4.55. The highest BCUT2D eigenvalue weighted by Crippen LogP contribution is 2.29. The summed E-state index contributed by atoms with van der Waals surface area (Å²) >= 11 is 2.64. The molecule has 0 unspecified atom stereocenters. The number of aromatic nitrogens is 3. The number of hydrogen-bond acceptors (Lipinski definition) is 8. The SMILES string of the molecule is O=C(CSc1nnc(-c2ccc3ccccc3n2)s1)Nc1ccc([N+](=O)[O-])cc1. The Balaban J connectivity index is 1.37. The summed E-state index contributed by atoms with van der Waals surface area (Å²) in [5.41, 5.74) is 2.10. The first-order chi connectivity index (χ1) is 14.1. The van der Waals surface area contributed by atoms with Crippen molar-refractivity contribution in [3.05, 3.63) is 70.8 Å². The van der Waals surface area contributed by atoms with E-state index in [4.69, 9.17) is 0 Å². The van der Waals surface area contributed by atoms with Crippen LogP contribution < -0.4 is 5.32 Å². The summed E-state index contributed by atoms with van der Waals surface area (Å²) in [4.78, 5) is 26.9. The largest absolute Gasteiger partial charge is 0.325 e. The van der Waals surface area contributed by atoms with E-state index in [1.807, 2.05) is 36.4 Å². The van der Waals surface area contributed by atoms with E-state index < -0.39 is 4.92 Å². The van der Waals surface area contributed by atoms with Gasteiger partial charge in [-0.05, 0) is 24.3 Å². The number of benzene rings is 2. The molecule has 4 rings (SSSR count). The fraction of sp³-hybridized carbons (Fsp3) is 0.0526. The third-order valence-corrected chi connectivity index (χ3v) is 5.99. The van der Waals surface area contributed by atoms with Crippen LogP contribution in [0.5, 0.6) is 0 Å². The fourth-order valence-corrected chi connectivity index (χ4v) is 4.17. The monoisotopic (exact) mass is 423 g/mol. The molecule has 0 aliphatic heterocycles. The van der Waals surface area contributed by atoms with Crippen LogP contribution in [0, 0.1) is 10.1 Å². The molecular weight excluding hydrogens is 410 g/mol. The van der Waals surface area contributed by atoms with Gasteiger partial charge in [-0.25, -0.2) is 4.98 Å². The number of hydrogen-bond donors (Lipinski definition) is 1. The Labute approximate surface area is 173 Å². The number of anilines is 1. The average Bonchev–Trinajstić information content (AvgIpc) is 3.21. The van der Waals surface area contributed by atoms with Crippen LogP contribution in [-0.2, 0) is 4.79 Å². The van der Waals surface area contributed by atoms with Gasteiger partial charge in [-0.2, -0.15) is 0 Å². The molecule has 0 saturated carbocycles. The Morgan fingerprint density at radius 2 is 1.86 bits per heavy atom. The van der Waals surface area contributed by atoms with Crippen LogP contribution in [-0.4, -0.2) is 31.8 Å². The molecule has 0 fully saturated rings. The molecule has 29 heavy (non-hydrogen) atoms. The van der Waals surface area contributed by atoms with E-state index in [-0.39, 0.29) is 17.3 Å². The molecule has 144 valence electrons. The summed E-state index contributed by atoms with van der Waals surface area (Å²) in [5.74, 6) is -0.0824. The van der Waals surface area contributed by atoms with Crippen molar-refractivity contribution in [3.63, 3.8) is 0 Å². The van der Waals surface area contributed by atoms with Crippen molar-refractivity contribution in [3.8, 4) is 10.7 Å². The lowest BCUT2D eigenvalue weighted by molar-refractivity contribution is -0.384. The summed E-state index contributed by atoms with van der Waals surface area (Å²) in [6.45, 7) is 0. The lowest BCUT2D eigenvalue weighted by Gasteiger charge is -2.03. The van der Waals surface area contributed by atoms with Gasteiger partial charge >= 0.3 is 0 Å². The number of nitro benzene ring substituents is 1. The minimum Gasteiger partial charge on any atom is -0.325 e. The molecule has 10 heteroatoms. The molecular formula is C19H13N5O3S2. The standard InChI is InChI=1S/C19H13N5O3S2/c25-17(20-13-6-8-14(9-7-13)24(26)27)11-28-19-23-22-18(29-19)16-10-5-12-3-1-2-4-15(12)21-16/h1-10H,11H2,(H,20,25). The number of nitrogens with one attached hydrogen (secondary N) is 1. The van der Waals surface area contributed by atoms with Crippen LogP contribution in [0.25, 0.3) is 21.6 Å². The topological polar surface area (TPSA) is 111 Å². The average molecular weight is 423 g/mol. The molecule has 0 atom stereocenters. The number of thioether (sulfide) groups is 1. The van der Waals surface area contributed by atoms with Crippen molar-refractivity contribution >= 4 is 51.3 Å². The van der Waals surface area contributed by atoms with Gasteiger partial charge in [-0.3, -0.25) is 14.9 Å². The molecule has 0 saturated heterocycles. The Morgan fingerprint density at radius 1 is 1.07 bits per heavy atom. The van der Waals surface area contributed by atoms with Gasteiger partial charge in [0, 0.05) is 23.2 Å². The highest BCUT2D eigenvalue weighted by Gasteiger charge is 2.12. The number of carbonyl (C=O) groups is 1. The van der Waals surface area contributed by atoms with Crippen molar-refractivity contribution in [2.75, 3.05) is 11.1 Å². The van der Waals surface area contributed by atoms with Crippen LogP contribution in [0.3, 0.4) is 0 Å². The smallest absolute Gasteiger partial charge is 0.269 e. The van der Waals surface area contributed by atoms with Crippen LogP contribution in [0.1, 0.15) is 0 Å². The van der Waals surface area contributed by atoms with E-state index in [0.29, 0.717) is 15.0 Å². The summed E-state index contributed by atoms with van der Waals surface area (Å²) < 4.78 is 0.661. The van der Waals surface area contributed by atoms with Crippen LogP contribution in [0.15, 0.2) is 65.0 Å². The van der Waals surface area contributed by atoms with Gasteiger partial charge in [0.15, 0.2) is 9.35 Å². The molecule has 2 aromatic heterocycles. The second-order valence-corrected chi connectivity index (χ2v) is 8.10. The van der Waals surface area contributed by atoms with E-state index in [2.05, 4.69) is 20.5 Å². The lowest BCUT2D eigenvalue weighted by atomic mass is 10.2. The molecule has 0 radical (unpaired) electrons. The molecule has 2 heterocycles. The van der Waals surface area contributed by atoms with Gasteiger partial charge < -0.3 is 5.32 Å². The van der Waals surface area contributed by atoms with E-state index in [9.17, 15) is 14.9 Å². The predicted molar refractivity (Wildman–Crippen MR) is 113 cm³/mol. The fourth-order valence-electron chi connectivity index (χ4n) is 2.55. The zero-order valence-electron chi connectivity index (χ0n) is 14.8. The van der Waals surface area contributed by atoms with Crippen LogP contribution >= 0.6 is 23.1 Å². The van der Waals surface area contributed by atoms with Gasteiger partial charge in [0.25, 0.3) is 5.69 Å². The third-order valence-electron chi connectivity index (χ3n) is 3.91. The number of para-hydroxylation sites is 1. The van der Waals surface area contributed by atoms with Crippen LogP contribution in [0.4, 0.5) is 11.4 Å². The minimum atomic E-state index is -0.487. The number of pyridine rings is 1. The summed E-state index contributed by atoms with van der Waals surface area (Å²) in [7, 11) is 0. The summed E-state index contributed by atoms with van der Waals surface area (Å²) in [6.07, 6.45) is 0. The van der Waals surface area contributed by atoms with E-state index in [1.165, 1.54) is 47.4 Å². The minimum absolute atomic E-state index is 0.0268. The number of nitrogens with zero attached hydrogens (tertiary/aromatic N) is 4. The second kappa shape index (κ2) is 8.33. The second-order valence-electron chi connectivity index (χ2n) is 5.90. The molecule has 8 nitrogen and oxygen atoms in total. The number of rotatable bonds is 6. The van der Waals surface area contributed by atoms with Crippen LogP contribution in [0.2, 0.25) is 0 Å². The normalized spacial score (nSPS) is 10.8. The molecule has 4 aromatic rings. The van der Waals surface area contributed by atoms with Gasteiger partial charge in [-0.15, -0.1) is 10.2 Å². The first kappa shape index (κ1) is 19.0. The van der Waals surface area contributed by atoms with Crippen molar-refractivity contribution in [2.24, 2.45) is 0 Å². The first-order valence-electron chi connectivity index (χ1n) is 8.45. The number of non-ortho nitro benzene ring substituents is 1. The maximum absolute atomic E-state index is 12.1. The summed E-state index contributed by atoms with van der Waals surface area (Å²) in [5, 5.41) is 23.4. The predicted octanol–water partition coefficient (Wildman–Crippen LogP) is 4.39. The maximum Gasteiger partial charge on any atom is 0.269 e. The highest BCUT2D eigenvalue weighted by atomic mass is 32.2. The molecule has 0 aliphatic carbocycles. The van der Waals surface area contributed by atoms with Crippen molar-refractivity contribution in [1.29, 1.82) is 0 Å². The first-order valence-corrected chi connectivity index (χ1v) is 10.3. The van der Waals surface area contributed by atoms with Crippen molar-refractivity contribution < 1.29 is 9.72 Å². The van der Waals surface area contributed by atoms with Crippen molar-refractivity contribution in [2.45, 2.75) is 4.34 Å². The maximum atomic E-state index is 12.1. The molecule has 0 aliphatic rings. The Kier molecular flexibility index (Phi) is 5.45. The van der Waals surface area contributed by atoms with Gasteiger partial charge in [-0.1, -0.05) is 47.4 Å². The van der Waals surface area contributed by atoms with E-state index in [0.717, 1.165) is 16.6 Å². The Hall–Kier alpha value is -3.37. The Bertz CT molecular complexity index is 1190. The quantitative estimate of drug-likeness (QED) is 0.278. The highest BCUT2D eigenvalue weighted by molar-refractivity contribution is 8.01. The number of amides is 1. The van der Waals surface area contributed by atoms with Gasteiger partial charge in [0.05, 0.1) is 16.2 Å². The molecule has 0 spiro atoms. The molecule has 0 bridgehead atoms. The zero-order valence-corrected chi connectivity index (χ0v) is 16.4.